The van der Waals surface area contributed by atoms with Gasteiger partial charge in [-0.25, -0.2) is 0 Å². The molecular weight excluding hydrogens is 248 g/mol. The highest BCUT2D eigenvalue weighted by Gasteiger charge is 2.61. The van der Waals surface area contributed by atoms with Crippen molar-refractivity contribution in [2.45, 2.75) is 78.4 Å². The molecule has 5 atom stereocenters. The van der Waals surface area contributed by atoms with Crippen LogP contribution in [0.25, 0.3) is 0 Å². The van der Waals surface area contributed by atoms with Gasteiger partial charge >= 0.3 is 0 Å². The minimum Gasteiger partial charge on any atom is -0.492 e. The Morgan fingerprint density at radius 2 is 1.80 bits per heavy atom. The van der Waals surface area contributed by atoms with Crippen LogP contribution in [0.3, 0.4) is 0 Å². The van der Waals surface area contributed by atoms with E-state index < -0.39 is 0 Å². The highest BCUT2D eigenvalue weighted by molar-refractivity contribution is 5.15. The number of hydrogen-bond acceptors (Lipinski definition) is 2. The van der Waals surface area contributed by atoms with Crippen LogP contribution >= 0.6 is 0 Å². The first-order valence-electron chi connectivity index (χ1n) is 8.24. The van der Waals surface area contributed by atoms with Crippen LogP contribution in [-0.4, -0.2) is 16.8 Å². The lowest BCUT2D eigenvalue weighted by Gasteiger charge is -2.63. The highest BCUT2D eigenvalue weighted by Crippen LogP contribution is 2.64. The molecule has 2 aliphatic carbocycles. The summed E-state index contributed by atoms with van der Waals surface area (Å²) >= 11 is 0. The van der Waals surface area contributed by atoms with Gasteiger partial charge in [0.2, 0.25) is 0 Å². The lowest BCUT2D eigenvalue weighted by molar-refractivity contribution is -0.204. The second kappa shape index (κ2) is 4.25. The molecule has 3 aliphatic rings. The van der Waals surface area contributed by atoms with E-state index in [1.165, 1.54) is 6.42 Å². The summed E-state index contributed by atoms with van der Waals surface area (Å²) in [6, 6.07) is 0. The molecular formula is C18H30O2. The SMILES string of the molecule is CC1=CC[C@@H]2[C@@]3(C)CC[C@H](O)C(C)(C)[C@@H]3CC[C@]2(C)O1. The van der Waals surface area contributed by atoms with Gasteiger partial charge in [0.1, 0.15) is 5.60 Å². The van der Waals surface area contributed by atoms with Gasteiger partial charge in [-0.3, -0.25) is 0 Å². The zero-order chi connectivity index (χ0) is 14.8. The third-order valence-corrected chi connectivity index (χ3v) is 7.01. The number of aliphatic hydroxyl groups is 1. The summed E-state index contributed by atoms with van der Waals surface area (Å²) in [6.45, 7) is 11.4. The van der Waals surface area contributed by atoms with Crippen molar-refractivity contribution in [3.05, 3.63) is 11.8 Å². The first-order chi connectivity index (χ1) is 9.20. The zero-order valence-electron chi connectivity index (χ0n) is 13.7. The summed E-state index contributed by atoms with van der Waals surface area (Å²) in [5.41, 5.74) is 0.333. The van der Waals surface area contributed by atoms with Gasteiger partial charge in [-0.1, -0.05) is 20.8 Å². The quantitative estimate of drug-likeness (QED) is 0.716. The monoisotopic (exact) mass is 278 g/mol. The smallest absolute Gasteiger partial charge is 0.109 e. The molecule has 0 aromatic rings. The van der Waals surface area contributed by atoms with E-state index in [1.807, 2.05) is 0 Å². The molecule has 2 nitrogen and oxygen atoms in total. The molecule has 0 unspecified atom stereocenters. The molecule has 0 saturated heterocycles. The van der Waals surface area contributed by atoms with Crippen molar-refractivity contribution >= 4 is 0 Å². The van der Waals surface area contributed by atoms with Gasteiger partial charge in [0, 0.05) is 5.92 Å². The molecule has 114 valence electrons. The van der Waals surface area contributed by atoms with E-state index >= 15 is 0 Å². The van der Waals surface area contributed by atoms with Gasteiger partial charge in [-0.05, 0) is 68.8 Å². The van der Waals surface area contributed by atoms with Crippen LogP contribution in [0.4, 0.5) is 0 Å². The van der Waals surface area contributed by atoms with Gasteiger partial charge < -0.3 is 9.84 Å². The first-order valence-corrected chi connectivity index (χ1v) is 8.24. The Morgan fingerprint density at radius 1 is 1.10 bits per heavy atom. The Bertz CT molecular complexity index is 439. The van der Waals surface area contributed by atoms with E-state index in [9.17, 15) is 5.11 Å². The summed E-state index contributed by atoms with van der Waals surface area (Å²) < 4.78 is 6.29. The fraction of sp³-hybridized carbons (Fsp3) is 0.889. The average molecular weight is 278 g/mol. The van der Waals surface area contributed by atoms with Crippen LogP contribution in [0.5, 0.6) is 0 Å². The summed E-state index contributed by atoms with van der Waals surface area (Å²) in [6.07, 6.45) is 7.65. The molecule has 0 bridgehead atoms. The number of hydrogen-bond donors (Lipinski definition) is 1. The lowest BCUT2D eigenvalue weighted by atomic mass is 9.44. The molecule has 2 fully saturated rings. The molecule has 0 radical (unpaired) electrons. The lowest BCUT2D eigenvalue weighted by Crippen LogP contribution is -2.61. The van der Waals surface area contributed by atoms with Crippen molar-refractivity contribution in [3.63, 3.8) is 0 Å². The standard InChI is InChI=1S/C18H30O2/c1-12-6-7-14-17(4)10-9-15(19)16(2,3)13(17)8-11-18(14,5)20-12/h6,13-15,19H,7-11H2,1-5H3/t13-,14+,15-,17-,18-/m0/s1. The van der Waals surface area contributed by atoms with E-state index in [4.69, 9.17) is 4.74 Å². The number of fused-ring (bicyclic) bond motifs is 3. The molecule has 20 heavy (non-hydrogen) atoms. The maximum absolute atomic E-state index is 10.4. The minimum atomic E-state index is -0.147. The van der Waals surface area contributed by atoms with Crippen molar-refractivity contribution in [1.82, 2.24) is 0 Å². The topological polar surface area (TPSA) is 29.5 Å². The number of aliphatic hydroxyl groups excluding tert-OH is 1. The number of rotatable bonds is 0. The van der Waals surface area contributed by atoms with Gasteiger partial charge in [0.15, 0.2) is 0 Å². The van der Waals surface area contributed by atoms with Crippen molar-refractivity contribution in [3.8, 4) is 0 Å². The van der Waals surface area contributed by atoms with E-state index in [-0.39, 0.29) is 17.1 Å². The molecule has 1 aliphatic heterocycles. The van der Waals surface area contributed by atoms with Crippen molar-refractivity contribution in [2.75, 3.05) is 0 Å². The Kier molecular flexibility index (Phi) is 3.07. The van der Waals surface area contributed by atoms with Gasteiger partial charge in [0.05, 0.1) is 11.9 Å². The van der Waals surface area contributed by atoms with Gasteiger partial charge in [0.25, 0.3) is 0 Å². The average Bonchev–Trinajstić information content (AvgIpc) is 2.33. The second-order valence-corrected chi connectivity index (χ2v) is 8.49. The molecule has 3 rings (SSSR count). The second-order valence-electron chi connectivity index (χ2n) is 8.49. The predicted octanol–water partition coefficient (Wildman–Crippen LogP) is 4.28. The van der Waals surface area contributed by atoms with Crippen LogP contribution in [0.15, 0.2) is 11.8 Å². The zero-order valence-corrected chi connectivity index (χ0v) is 13.7. The van der Waals surface area contributed by atoms with Crippen LogP contribution in [-0.2, 0) is 4.74 Å². The fourth-order valence-electron chi connectivity index (χ4n) is 5.83. The Balaban J connectivity index is 2.00. The largest absolute Gasteiger partial charge is 0.492 e. The van der Waals surface area contributed by atoms with E-state index in [0.29, 0.717) is 17.3 Å². The molecule has 2 heteroatoms. The Morgan fingerprint density at radius 3 is 2.50 bits per heavy atom. The van der Waals surface area contributed by atoms with Gasteiger partial charge in [-0.2, -0.15) is 0 Å². The number of ether oxygens (including phenoxy) is 1. The van der Waals surface area contributed by atoms with Crippen LogP contribution in [0.2, 0.25) is 0 Å². The fourth-order valence-corrected chi connectivity index (χ4v) is 5.83. The van der Waals surface area contributed by atoms with E-state index in [2.05, 4.69) is 40.7 Å². The predicted molar refractivity (Wildman–Crippen MR) is 81.2 cm³/mol. The van der Waals surface area contributed by atoms with Crippen molar-refractivity contribution in [2.24, 2.45) is 22.7 Å². The molecule has 1 heterocycles. The normalized spacial score (nSPS) is 50.5. The third-order valence-electron chi connectivity index (χ3n) is 7.01. The van der Waals surface area contributed by atoms with Crippen molar-refractivity contribution < 1.29 is 9.84 Å². The first kappa shape index (κ1) is 14.4. The molecule has 1 N–H and O–H groups in total. The van der Waals surface area contributed by atoms with E-state index in [0.717, 1.165) is 31.4 Å². The summed E-state index contributed by atoms with van der Waals surface area (Å²) in [4.78, 5) is 0. The minimum absolute atomic E-state index is 0.00244. The van der Waals surface area contributed by atoms with Crippen LogP contribution in [0, 0.1) is 22.7 Å². The summed E-state index contributed by atoms with van der Waals surface area (Å²) in [5, 5.41) is 10.4. The molecule has 0 aromatic carbocycles. The van der Waals surface area contributed by atoms with Gasteiger partial charge in [-0.15, -0.1) is 0 Å². The van der Waals surface area contributed by atoms with Crippen molar-refractivity contribution in [1.29, 1.82) is 0 Å². The van der Waals surface area contributed by atoms with Crippen LogP contribution in [0.1, 0.15) is 66.7 Å². The Hall–Kier alpha value is -0.500. The maximum Gasteiger partial charge on any atom is 0.109 e. The highest BCUT2D eigenvalue weighted by atomic mass is 16.5. The van der Waals surface area contributed by atoms with Crippen LogP contribution < -0.4 is 0 Å². The van der Waals surface area contributed by atoms with E-state index in [1.54, 1.807) is 0 Å². The maximum atomic E-state index is 10.4. The molecule has 0 aromatic heterocycles. The third kappa shape index (κ3) is 1.80. The number of allylic oxidation sites excluding steroid dienone is 2. The summed E-state index contributed by atoms with van der Waals surface area (Å²) in [7, 11) is 0. The molecule has 0 spiro atoms. The molecule has 2 saturated carbocycles. The Labute approximate surface area is 123 Å². The summed E-state index contributed by atoms with van der Waals surface area (Å²) in [5.74, 6) is 2.29. The molecule has 0 amide bonds.